The van der Waals surface area contributed by atoms with Gasteiger partial charge in [-0.1, -0.05) is 0 Å². The third kappa shape index (κ3) is 2.78. The minimum atomic E-state index is -0.501. The molecule has 3 aromatic rings. The Morgan fingerprint density at radius 3 is 3.12 bits per heavy atom. The fraction of sp³-hybridized carbons (Fsp3) is 0.294. The lowest BCUT2D eigenvalue weighted by Gasteiger charge is -2.14. The first-order valence-corrected chi connectivity index (χ1v) is 8.87. The normalized spacial score (nSPS) is 16.0. The van der Waals surface area contributed by atoms with Gasteiger partial charge in [0.05, 0.1) is 12.7 Å². The summed E-state index contributed by atoms with van der Waals surface area (Å²) in [5, 5.41) is 6.85. The number of fused-ring (bicyclic) bond motifs is 2. The number of carbonyl (C=O) groups is 1. The number of anilines is 1. The van der Waals surface area contributed by atoms with E-state index in [9.17, 15) is 9.59 Å². The number of nitrogens with zero attached hydrogens (tertiary/aromatic N) is 3. The highest BCUT2D eigenvalue weighted by molar-refractivity contribution is 7.19. The summed E-state index contributed by atoms with van der Waals surface area (Å²) in [5.41, 5.74) is 0.207. The van der Waals surface area contributed by atoms with Crippen LogP contribution in [-0.2, 0) is 17.8 Å². The molecule has 1 unspecified atom stereocenters. The van der Waals surface area contributed by atoms with E-state index in [4.69, 9.17) is 0 Å². The summed E-state index contributed by atoms with van der Waals surface area (Å²) in [5.74, 6) is 0.517. The van der Waals surface area contributed by atoms with Crippen LogP contribution in [0.25, 0.3) is 10.1 Å². The molecule has 1 atom stereocenters. The zero-order valence-electron chi connectivity index (χ0n) is 13.7. The van der Waals surface area contributed by atoms with Crippen molar-refractivity contribution in [2.45, 2.75) is 25.4 Å². The van der Waals surface area contributed by atoms with Crippen LogP contribution < -0.4 is 16.2 Å². The molecule has 0 spiro atoms. The number of pyridine rings is 1. The smallest absolute Gasteiger partial charge is 0.277 e. The summed E-state index contributed by atoms with van der Waals surface area (Å²) in [6, 6.07) is 3.49. The molecular formula is C17H17N5O2S. The number of amides is 1. The molecular weight excluding hydrogens is 338 g/mol. The molecule has 0 saturated carbocycles. The van der Waals surface area contributed by atoms with Gasteiger partial charge in [-0.05, 0) is 18.6 Å². The third-order valence-electron chi connectivity index (χ3n) is 4.40. The maximum atomic E-state index is 12.6. The van der Waals surface area contributed by atoms with Gasteiger partial charge in [-0.3, -0.25) is 19.1 Å². The van der Waals surface area contributed by atoms with E-state index >= 15 is 0 Å². The lowest BCUT2D eigenvalue weighted by Crippen LogP contribution is -2.36. The Balaban J connectivity index is 1.52. The highest BCUT2D eigenvalue weighted by atomic mass is 32.1. The molecule has 0 aromatic carbocycles. The summed E-state index contributed by atoms with van der Waals surface area (Å²) < 4.78 is 2.65. The molecule has 3 aromatic heterocycles. The van der Waals surface area contributed by atoms with E-state index in [-0.39, 0.29) is 11.5 Å². The molecule has 0 fully saturated rings. The van der Waals surface area contributed by atoms with Crippen LogP contribution in [0, 0.1) is 0 Å². The molecule has 0 bridgehead atoms. The van der Waals surface area contributed by atoms with Crippen LogP contribution in [0.4, 0.5) is 5.69 Å². The predicted molar refractivity (Wildman–Crippen MR) is 96.9 cm³/mol. The number of hydrogen-bond acceptors (Lipinski definition) is 6. The average molecular weight is 355 g/mol. The number of rotatable bonds is 4. The minimum absolute atomic E-state index is 0.147. The first-order valence-electron chi connectivity index (χ1n) is 8.05. The monoisotopic (exact) mass is 355 g/mol. The van der Waals surface area contributed by atoms with Gasteiger partial charge in [0, 0.05) is 40.8 Å². The van der Waals surface area contributed by atoms with Gasteiger partial charge in [-0.15, -0.1) is 11.3 Å². The van der Waals surface area contributed by atoms with Gasteiger partial charge in [-0.2, -0.15) is 0 Å². The highest BCUT2D eigenvalue weighted by Gasteiger charge is 2.30. The number of hydrogen-bond donors (Lipinski definition) is 2. The first kappa shape index (κ1) is 15.8. The van der Waals surface area contributed by atoms with E-state index in [0.717, 1.165) is 15.0 Å². The molecule has 4 heterocycles. The molecule has 2 N–H and O–H groups in total. The van der Waals surface area contributed by atoms with E-state index < -0.39 is 6.04 Å². The second-order valence-electron chi connectivity index (χ2n) is 5.91. The van der Waals surface area contributed by atoms with Crippen molar-refractivity contribution in [2.24, 2.45) is 0 Å². The molecule has 4 rings (SSSR count). The van der Waals surface area contributed by atoms with Crippen molar-refractivity contribution in [1.82, 2.24) is 19.9 Å². The summed E-state index contributed by atoms with van der Waals surface area (Å²) in [6.45, 7) is 0.442. The Morgan fingerprint density at radius 1 is 1.44 bits per heavy atom. The molecule has 8 heteroatoms. The van der Waals surface area contributed by atoms with Gasteiger partial charge < -0.3 is 10.6 Å². The Kier molecular flexibility index (Phi) is 3.96. The minimum Gasteiger partial charge on any atom is -0.382 e. The van der Waals surface area contributed by atoms with E-state index in [1.165, 1.54) is 10.8 Å². The SMILES string of the molecule is CNc1cnc2n(c1=O)C(C(=O)NCc1cc3cnccc3s1)CC2. The molecule has 0 aliphatic carbocycles. The van der Waals surface area contributed by atoms with Crippen molar-refractivity contribution in [1.29, 1.82) is 0 Å². The van der Waals surface area contributed by atoms with Gasteiger partial charge in [-0.25, -0.2) is 4.98 Å². The highest BCUT2D eigenvalue weighted by Crippen LogP contribution is 2.26. The Hall–Kier alpha value is -2.74. The van der Waals surface area contributed by atoms with E-state index in [1.807, 2.05) is 18.3 Å². The summed E-state index contributed by atoms with van der Waals surface area (Å²) in [6.07, 6.45) is 6.33. The standard InChI is InChI=1S/C17H17N5O2S/c1-18-12-9-20-15-3-2-13(22(15)17(12)24)16(23)21-8-11-6-10-7-19-5-4-14(10)25-11/h4-7,9,13,18H,2-3,8H2,1H3,(H,21,23). The molecule has 1 amide bonds. The quantitative estimate of drug-likeness (QED) is 0.744. The van der Waals surface area contributed by atoms with Crippen molar-refractivity contribution in [2.75, 3.05) is 12.4 Å². The molecule has 1 aliphatic rings. The van der Waals surface area contributed by atoms with Crippen LogP contribution in [0.15, 0.2) is 35.5 Å². The summed E-state index contributed by atoms with van der Waals surface area (Å²) >= 11 is 1.63. The van der Waals surface area contributed by atoms with Crippen LogP contribution in [0.2, 0.25) is 0 Å². The molecule has 0 saturated heterocycles. The zero-order valence-corrected chi connectivity index (χ0v) is 14.5. The van der Waals surface area contributed by atoms with Crippen molar-refractivity contribution < 1.29 is 4.79 Å². The number of thiophene rings is 1. The molecule has 25 heavy (non-hydrogen) atoms. The molecule has 128 valence electrons. The van der Waals surface area contributed by atoms with Gasteiger partial charge in [0.2, 0.25) is 5.91 Å². The second-order valence-corrected chi connectivity index (χ2v) is 7.08. The van der Waals surface area contributed by atoms with Crippen LogP contribution in [-0.4, -0.2) is 27.5 Å². The maximum absolute atomic E-state index is 12.6. The van der Waals surface area contributed by atoms with Crippen LogP contribution in [0.1, 0.15) is 23.2 Å². The summed E-state index contributed by atoms with van der Waals surface area (Å²) in [4.78, 5) is 34.5. The molecule has 1 aliphatic heterocycles. The van der Waals surface area contributed by atoms with Crippen LogP contribution >= 0.6 is 11.3 Å². The largest absolute Gasteiger partial charge is 0.382 e. The fourth-order valence-corrected chi connectivity index (χ4v) is 4.11. The van der Waals surface area contributed by atoms with Gasteiger partial charge in [0.25, 0.3) is 5.56 Å². The Bertz CT molecular complexity index is 977. The van der Waals surface area contributed by atoms with Crippen LogP contribution in [0.3, 0.4) is 0 Å². The molecule has 7 nitrogen and oxygen atoms in total. The second kappa shape index (κ2) is 6.29. The number of aryl methyl sites for hydroxylation is 1. The zero-order chi connectivity index (χ0) is 17.4. The predicted octanol–water partition coefficient (Wildman–Crippen LogP) is 1.70. The summed E-state index contributed by atoms with van der Waals surface area (Å²) in [7, 11) is 1.67. The first-order chi connectivity index (χ1) is 12.2. The van der Waals surface area contributed by atoms with Crippen molar-refractivity contribution in [3.63, 3.8) is 0 Å². The fourth-order valence-electron chi connectivity index (χ4n) is 3.14. The van der Waals surface area contributed by atoms with Crippen molar-refractivity contribution in [3.8, 4) is 0 Å². The Labute approximate surface area is 147 Å². The number of carbonyl (C=O) groups excluding carboxylic acids is 1. The third-order valence-corrected chi connectivity index (χ3v) is 5.52. The number of aromatic nitrogens is 3. The van der Waals surface area contributed by atoms with E-state index in [2.05, 4.69) is 20.6 Å². The lowest BCUT2D eigenvalue weighted by molar-refractivity contribution is -0.124. The van der Waals surface area contributed by atoms with E-state index in [1.54, 1.807) is 24.6 Å². The lowest BCUT2D eigenvalue weighted by atomic mass is 10.2. The van der Waals surface area contributed by atoms with Gasteiger partial charge in [0.15, 0.2) is 0 Å². The average Bonchev–Trinajstić information content (AvgIpc) is 3.24. The van der Waals surface area contributed by atoms with Crippen molar-refractivity contribution >= 4 is 33.0 Å². The Morgan fingerprint density at radius 2 is 2.32 bits per heavy atom. The topological polar surface area (TPSA) is 88.9 Å². The van der Waals surface area contributed by atoms with Gasteiger partial charge >= 0.3 is 0 Å². The number of nitrogens with one attached hydrogen (secondary N) is 2. The molecule has 0 radical (unpaired) electrons. The maximum Gasteiger partial charge on any atom is 0.277 e. The van der Waals surface area contributed by atoms with Crippen molar-refractivity contribution in [3.05, 3.63) is 51.8 Å². The van der Waals surface area contributed by atoms with Crippen LogP contribution in [0.5, 0.6) is 0 Å². The van der Waals surface area contributed by atoms with E-state index in [0.29, 0.717) is 30.9 Å². The van der Waals surface area contributed by atoms with Gasteiger partial charge in [0.1, 0.15) is 17.6 Å².